The van der Waals surface area contributed by atoms with Gasteiger partial charge in [-0.3, -0.25) is 19.2 Å². The van der Waals surface area contributed by atoms with E-state index in [0.29, 0.717) is 77.7 Å². The second-order valence-electron chi connectivity index (χ2n) is 17.9. The first-order chi connectivity index (χ1) is 30.8. The van der Waals surface area contributed by atoms with Gasteiger partial charge in [-0.2, -0.15) is 0 Å². The summed E-state index contributed by atoms with van der Waals surface area (Å²) in [4.78, 5) is 53.0. The lowest BCUT2D eigenvalue weighted by molar-refractivity contribution is -0.138. The Bertz CT molecular complexity index is 1150. The fraction of sp³-hybridized carbons (Fsp3) is 0.846. The van der Waals surface area contributed by atoms with Crippen LogP contribution in [0.25, 0.3) is 0 Å². The van der Waals surface area contributed by atoms with Crippen LogP contribution in [0, 0.1) is 0 Å². The van der Waals surface area contributed by atoms with E-state index in [1.807, 2.05) is 0 Å². The van der Waals surface area contributed by atoms with Crippen LogP contribution in [0.2, 0.25) is 0 Å². The van der Waals surface area contributed by atoms with Crippen LogP contribution >= 0.6 is 37.2 Å². The number of carbonyl (C=O) groups is 4. The van der Waals surface area contributed by atoms with Gasteiger partial charge >= 0.3 is 0 Å². The van der Waals surface area contributed by atoms with Gasteiger partial charge in [0.25, 0.3) is 0 Å². The Morgan fingerprint density at radius 3 is 1.33 bits per heavy atom. The minimum Gasteiger partial charge on any atom is -0.394 e. The first-order valence-electron chi connectivity index (χ1n) is 26.3. The number of unbranched alkanes of at least 4 members (excludes halogenated alkanes) is 24. The average Bonchev–Trinajstić information content (AvgIpc) is 3.28. The molecule has 0 fully saturated rings. The van der Waals surface area contributed by atoms with Crippen molar-refractivity contribution in [3.05, 3.63) is 24.3 Å². The van der Waals surface area contributed by atoms with Crippen LogP contribution in [0.1, 0.15) is 232 Å². The number of amides is 4. The fourth-order valence-corrected chi connectivity index (χ4v) is 7.70. The van der Waals surface area contributed by atoms with Gasteiger partial charge in [-0.1, -0.05) is 147 Å². The van der Waals surface area contributed by atoms with Gasteiger partial charge in [-0.25, -0.2) is 0 Å². The standard InChI is InChI=1S/C52H100N6O5.3ClH/c1-3-5-7-9-11-13-15-17-19-21-23-25-27-29-31-39-49(60)55-42-35-36-44-58(52(63)48(46-59)57-51(62)47(54)38-33-34-41-53)45-37-43-56-50(61)40-32-30-28-26-24-22-20-18-16-14-12-10-8-6-4-2;;;/h17-20,47-48,59H,3-16,21-46,53-54H2,1-2H3,(H,55,60)(H,56,61)(H,57,62);3*1H/b19-17-,20-18-;;;/t47-,48-;;;/m0.../s1. The van der Waals surface area contributed by atoms with Crippen molar-refractivity contribution in [2.75, 3.05) is 39.3 Å². The number of hydrogen-bond donors (Lipinski definition) is 6. The van der Waals surface area contributed by atoms with Gasteiger partial charge in [0.2, 0.25) is 23.6 Å². The summed E-state index contributed by atoms with van der Waals surface area (Å²) in [5, 5.41) is 18.8. The number of aliphatic hydroxyl groups is 1. The lowest BCUT2D eigenvalue weighted by Crippen LogP contribution is -2.54. The predicted molar refractivity (Wildman–Crippen MR) is 287 cm³/mol. The zero-order valence-electron chi connectivity index (χ0n) is 42.2. The number of nitrogens with zero attached hydrogens (tertiary/aromatic N) is 1. The van der Waals surface area contributed by atoms with Crippen LogP contribution in [0.4, 0.5) is 0 Å². The van der Waals surface area contributed by atoms with E-state index in [1.165, 1.54) is 116 Å². The highest BCUT2D eigenvalue weighted by molar-refractivity contribution is 5.89. The first kappa shape index (κ1) is 70.7. The molecule has 0 bridgehead atoms. The number of carbonyl (C=O) groups excluding carboxylic acids is 4. The molecule has 2 atom stereocenters. The van der Waals surface area contributed by atoms with Gasteiger partial charge in [-0.05, 0) is 103 Å². The molecular formula is C52H103Cl3N6O5. The van der Waals surface area contributed by atoms with Gasteiger partial charge in [0.15, 0.2) is 0 Å². The molecule has 0 radical (unpaired) electrons. The molecule has 0 unspecified atom stereocenters. The third-order valence-corrected chi connectivity index (χ3v) is 11.9. The van der Waals surface area contributed by atoms with Crippen LogP contribution in [0.3, 0.4) is 0 Å². The van der Waals surface area contributed by atoms with Gasteiger partial charge < -0.3 is 37.4 Å². The minimum absolute atomic E-state index is 0. The summed E-state index contributed by atoms with van der Waals surface area (Å²) < 4.78 is 0. The topological polar surface area (TPSA) is 180 Å². The molecule has 0 aliphatic carbocycles. The zero-order valence-corrected chi connectivity index (χ0v) is 44.6. The monoisotopic (exact) mass is 997 g/mol. The Balaban J connectivity index is -0.00000641. The molecule has 8 N–H and O–H groups in total. The number of allylic oxidation sites excluding steroid dienone is 4. The summed E-state index contributed by atoms with van der Waals surface area (Å²) in [5.41, 5.74) is 11.6. The number of hydrogen-bond acceptors (Lipinski definition) is 7. The van der Waals surface area contributed by atoms with Crippen molar-refractivity contribution >= 4 is 60.8 Å². The normalized spacial score (nSPS) is 12.0. The average molecular weight is 999 g/mol. The minimum atomic E-state index is -1.11. The van der Waals surface area contributed by atoms with Crippen LogP contribution < -0.4 is 27.4 Å². The molecule has 0 spiro atoms. The number of nitrogens with one attached hydrogen (secondary N) is 3. The van der Waals surface area contributed by atoms with E-state index in [9.17, 15) is 24.3 Å². The fourth-order valence-electron chi connectivity index (χ4n) is 7.70. The quantitative estimate of drug-likeness (QED) is 0.0259. The summed E-state index contributed by atoms with van der Waals surface area (Å²) in [6.07, 6.45) is 45.9. The second kappa shape index (κ2) is 55.7. The van der Waals surface area contributed by atoms with Gasteiger partial charge in [-0.15, -0.1) is 37.2 Å². The number of rotatable bonds is 47. The third-order valence-electron chi connectivity index (χ3n) is 11.9. The van der Waals surface area contributed by atoms with E-state index >= 15 is 0 Å². The maximum Gasteiger partial charge on any atom is 0.247 e. The molecule has 0 rings (SSSR count). The molecule has 14 heteroatoms. The van der Waals surface area contributed by atoms with Gasteiger partial charge in [0.1, 0.15) is 6.04 Å². The van der Waals surface area contributed by atoms with Crippen LogP contribution in [0.5, 0.6) is 0 Å². The molecule has 0 saturated carbocycles. The highest BCUT2D eigenvalue weighted by Crippen LogP contribution is 2.12. The van der Waals surface area contributed by atoms with E-state index in [-0.39, 0.29) is 54.9 Å². The molecule has 0 heterocycles. The van der Waals surface area contributed by atoms with E-state index in [4.69, 9.17) is 11.5 Å². The maximum absolute atomic E-state index is 13.6. The van der Waals surface area contributed by atoms with E-state index in [1.54, 1.807) is 4.90 Å². The smallest absolute Gasteiger partial charge is 0.247 e. The predicted octanol–water partition coefficient (Wildman–Crippen LogP) is 11.5. The number of halogens is 3. The second-order valence-corrected chi connectivity index (χ2v) is 17.9. The first-order valence-corrected chi connectivity index (χ1v) is 26.3. The molecule has 0 aliphatic heterocycles. The summed E-state index contributed by atoms with van der Waals surface area (Å²) in [6, 6.07) is -1.90. The third kappa shape index (κ3) is 47.2. The lowest BCUT2D eigenvalue weighted by Gasteiger charge is -2.28. The van der Waals surface area contributed by atoms with Crippen LogP contribution in [0.15, 0.2) is 24.3 Å². The van der Waals surface area contributed by atoms with Crippen molar-refractivity contribution in [2.45, 2.75) is 244 Å². The lowest BCUT2D eigenvalue weighted by atomic mass is 10.1. The molecule has 0 aromatic heterocycles. The Labute approximate surface area is 423 Å². The Hall–Kier alpha value is -1.89. The van der Waals surface area contributed by atoms with Crippen molar-refractivity contribution in [2.24, 2.45) is 11.5 Å². The molecule has 66 heavy (non-hydrogen) atoms. The Kier molecular flexibility index (Phi) is 59.6. The van der Waals surface area contributed by atoms with Crippen molar-refractivity contribution in [1.29, 1.82) is 0 Å². The summed E-state index contributed by atoms with van der Waals surface area (Å²) >= 11 is 0. The Morgan fingerprint density at radius 1 is 0.515 bits per heavy atom. The van der Waals surface area contributed by atoms with Crippen LogP contribution in [-0.4, -0.2) is 85.0 Å². The van der Waals surface area contributed by atoms with Crippen LogP contribution in [-0.2, 0) is 19.2 Å². The van der Waals surface area contributed by atoms with Gasteiger partial charge in [0, 0.05) is 39.0 Å². The zero-order chi connectivity index (χ0) is 46.3. The highest BCUT2D eigenvalue weighted by atomic mass is 35.5. The molecular weight excluding hydrogens is 895 g/mol. The molecule has 392 valence electrons. The van der Waals surface area contributed by atoms with Crippen molar-refractivity contribution in [3.8, 4) is 0 Å². The van der Waals surface area contributed by atoms with Crippen molar-refractivity contribution in [1.82, 2.24) is 20.9 Å². The molecule has 0 aromatic carbocycles. The summed E-state index contributed by atoms with van der Waals surface area (Å²) in [7, 11) is 0. The number of nitrogens with two attached hydrogens (primary N) is 2. The van der Waals surface area contributed by atoms with E-state index < -0.39 is 24.6 Å². The van der Waals surface area contributed by atoms with Crippen molar-refractivity contribution < 1.29 is 24.3 Å². The summed E-state index contributed by atoms with van der Waals surface area (Å²) in [5.74, 6) is -0.778. The molecule has 0 saturated heterocycles. The maximum atomic E-state index is 13.6. The highest BCUT2D eigenvalue weighted by Gasteiger charge is 2.27. The van der Waals surface area contributed by atoms with Crippen molar-refractivity contribution in [3.63, 3.8) is 0 Å². The number of aliphatic hydroxyl groups excluding tert-OH is 1. The Morgan fingerprint density at radius 2 is 0.909 bits per heavy atom. The SMILES string of the molecule is CCCCCCCC/C=C\CCCCCCCC(=O)NCCCCN(CCCNC(=O)CCCCCCC/C=C\CCCCCCCC)C(=O)[C@H](CO)NC(=O)[C@@H](N)CCCCN.Cl.Cl.Cl. The molecule has 0 aromatic rings. The van der Waals surface area contributed by atoms with E-state index in [2.05, 4.69) is 54.1 Å². The molecule has 0 aliphatic rings. The molecule has 11 nitrogen and oxygen atoms in total. The molecule has 4 amide bonds. The summed E-state index contributed by atoms with van der Waals surface area (Å²) in [6.45, 7) is 6.21. The largest absolute Gasteiger partial charge is 0.394 e. The van der Waals surface area contributed by atoms with Gasteiger partial charge in [0.05, 0.1) is 12.6 Å². The van der Waals surface area contributed by atoms with E-state index in [0.717, 1.165) is 57.8 Å².